The van der Waals surface area contributed by atoms with E-state index in [1.807, 2.05) is 24.3 Å². The van der Waals surface area contributed by atoms with E-state index in [-0.39, 0.29) is 0 Å². The van der Waals surface area contributed by atoms with Gasteiger partial charge in [0.15, 0.2) is 5.58 Å². The lowest BCUT2D eigenvalue weighted by Gasteiger charge is -2.02. The van der Waals surface area contributed by atoms with Gasteiger partial charge in [0.25, 0.3) is 0 Å². The Kier molecular flexibility index (Phi) is 2.86. The third kappa shape index (κ3) is 2.02. The molecule has 3 aromatic rings. The van der Waals surface area contributed by atoms with Crippen molar-refractivity contribution in [3.8, 4) is 6.07 Å². The van der Waals surface area contributed by atoms with Crippen molar-refractivity contribution < 1.29 is 4.52 Å². The van der Waals surface area contributed by atoms with E-state index in [2.05, 4.69) is 16.3 Å². The van der Waals surface area contributed by atoms with Crippen LogP contribution in [-0.2, 0) is 13.0 Å². The molecule has 0 unspecified atom stereocenters. The summed E-state index contributed by atoms with van der Waals surface area (Å²) >= 11 is 0. The first-order chi connectivity index (χ1) is 10.8. The molecule has 22 heavy (non-hydrogen) atoms. The number of para-hydroxylation sites is 1. The summed E-state index contributed by atoms with van der Waals surface area (Å²) in [6.45, 7) is 0.587. The first-order valence-corrected chi connectivity index (χ1v) is 7.37. The highest BCUT2D eigenvalue weighted by atomic mass is 16.5. The maximum Gasteiger partial charge on any atom is 0.167 e. The van der Waals surface area contributed by atoms with Crippen molar-refractivity contribution in [1.29, 1.82) is 5.26 Å². The van der Waals surface area contributed by atoms with Gasteiger partial charge in [0, 0.05) is 24.3 Å². The summed E-state index contributed by atoms with van der Waals surface area (Å²) in [7, 11) is 0. The van der Waals surface area contributed by atoms with Crippen LogP contribution in [0.2, 0.25) is 0 Å². The minimum absolute atomic E-state index is 0.408. The molecule has 6 heteroatoms. The van der Waals surface area contributed by atoms with E-state index in [1.165, 1.54) is 0 Å². The Morgan fingerprint density at radius 3 is 2.95 bits per heavy atom. The highest BCUT2D eigenvalue weighted by molar-refractivity contribution is 5.79. The molecule has 1 aromatic carbocycles. The molecule has 0 spiro atoms. The van der Waals surface area contributed by atoms with Gasteiger partial charge in [-0.15, -0.1) is 0 Å². The molecule has 1 fully saturated rings. The van der Waals surface area contributed by atoms with Gasteiger partial charge >= 0.3 is 0 Å². The summed E-state index contributed by atoms with van der Waals surface area (Å²) in [4.78, 5) is 0. The number of aromatic nitrogens is 3. The smallest absolute Gasteiger partial charge is 0.167 e. The number of aryl methyl sites for hydroxylation is 2. The molecule has 4 rings (SSSR count). The van der Waals surface area contributed by atoms with Crippen molar-refractivity contribution in [3.63, 3.8) is 0 Å². The quantitative estimate of drug-likeness (QED) is 0.798. The van der Waals surface area contributed by atoms with Gasteiger partial charge in [0.2, 0.25) is 0 Å². The SMILES string of the molecule is N#Cc1c(C2CC2)nn(CCc2noc3ccccc23)c1N. The minimum atomic E-state index is 0.408. The van der Waals surface area contributed by atoms with Crippen molar-refractivity contribution in [2.24, 2.45) is 0 Å². The average Bonchev–Trinajstić information content (AvgIpc) is 3.23. The van der Waals surface area contributed by atoms with Crippen molar-refractivity contribution in [2.75, 3.05) is 5.73 Å². The molecule has 0 amide bonds. The van der Waals surface area contributed by atoms with Crippen LogP contribution in [0.4, 0.5) is 5.82 Å². The Bertz CT molecular complexity index is 882. The summed E-state index contributed by atoms with van der Waals surface area (Å²) in [5.41, 5.74) is 9.12. The summed E-state index contributed by atoms with van der Waals surface area (Å²) in [6.07, 6.45) is 2.86. The fourth-order valence-electron chi connectivity index (χ4n) is 2.75. The zero-order valence-electron chi connectivity index (χ0n) is 12.0. The standard InChI is InChI=1S/C16H15N5O/c17-9-12-15(10-5-6-10)19-21(16(12)18)8-7-13-11-3-1-2-4-14(11)22-20-13/h1-4,10H,5-8,18H2. The van der Waals surface area contributed by atoms with Crippen LogP contribution in [0.25, 0.3) is 11.0 Å². The van der Waals surface area contributed by atoms with Crippen LogP contribution in [0, 0.1) is 11.3 Å². The number of rotatable bonds is 4. The number of anilines is 1. The number of nitrogen functional groups attached to an aromatic ring is 1. The molecule has 2 aromatic heterocycles. The van der Waals surface area contributed by atoms with E-state index in [0.717, 1.165) is 35.2 Å². The van der Waals surface area contributed by atoms with Gasteiger partial charge < -0.3 is 10.3 Å². The topological polar surface area (TPSA) is 93.7 Å². The van der Waals surface area contributed by atoms with Gasteiger partial charge in [0.05, 0.1) is 11.4 Å². The van der Waals surface area contributed by atoms with Gasteiger partial charge in [0.1, 0.15) is 17.5 Å². The molecule has 2 heterocycles. The molecule has 0 saturated heterocycles. The fraction of sp³-hybridized carbons (Fsp3) is 0.312. The molecule has 0 atom stereocenters. The lowest BCUT2D eigenvalue weighted by molar-refractivity contribution is 0.441. The molecule has 1 aliphatic rings. The Morgan fingerprint density at radius 1 is 1.36 bits per heavy atom. The molecule has 0 aliphatic heterocycles. The van der Waals surface area contributed by atoms with Crippen LogP contribution < -0.4 is 5.73 Å². The lowest BCUT2D eigenvalue weighted by Crippen LogP contribution is -2.07. The number of fused-ring (bicyclic) bond motifs is 1. The van der Waals surface area contributed by atoms with E-state index < -0.39 is 0 Å². The third-order valence-electron chi connectivity index (χ3n) is 4.11. The van der Waals surface area contributed by atoms with Crippen LogP contribution in [0.3, 0.4) is 0 Å². The van der Waals surface area contributed by atoms with Crippen molar-refractivity contribution >= 4 is 16.8 Å². The Morgan fingerprint density at radius 2 is 2.18 bits per heavy atom. The van der Waals surface area contributed by atoms with Crippen LogP contribution in [0.1, 0.15) is 35.7 Å². The first-order valence-electron chi connectivity index (χ1n) is 7.37. The second-order valence-electron chi connectivity index (χ2n) is 5.63. The summed E-state index contributed by atoms with van der Waals surface area (Å²) in [6, 6.07) is 9.95. The Hall–Kier alpha value is -2.81. The highest BCUT2D eigenvalue weighted by Crippen LogP contribution is 2.42. The molecule has 0 radical (unpaired) electrons. The lowest BCUT2D eigenvalue weighted by atomic mass is 10.2. The van der Waals surface area contributed by atoms with Gasteiger partial charge in [-0.05, 0) is 25.0 Å². The van der Waals surface area contributed by atoms with Crippen LogP contribution in [-0.4, -0.2) is 14.9 Å². The Labute approximate surface area is 127 Å². The van der Waals surface area contributed by atoms with Crippen molar-refractivity contribution in [1.82, 2.24) is 14.9 Å². The van der Waals surface area contributed by atoms with Gasteiger partial charge in [-0.1, -0.05) is 17.3 Å². The molecule has 110 valence electrons. The number of nitriles is 1. The molecular weight excluding hydrogens is 278 g/mol. The van der Waals surface area contributed by atoms with Crippen molar-refractivity contribution in [3.05, 3.63) is 41.2 Å². The van der Waals surface area contributed by atoms with E-state index in [4.69, 9.17) is 10.3 Å². The number of nitrogens with two attached hydrogens (primary N) is 1. The minimum Gasteiger partial charge on any atom is -0.383 e. The summed E-state index contributed by atoms with van der Waals surface area (Å²) in [5.74, 6) is 0.864. The zero-order chi connectivity index (χ0) is 15.1. The summed E-state index contributed by atoms with van der Waals surface area (Å²) in [5, 5.41) is 18.9. The predicted molar refractivity (Wildman–Crippen MR) is 81.0 cm³/mol. The molecule has 1 saturated carbocycles. The average molecular weight is 293 g/mol. The maximum atomic E-state index is 9.27. The zero-order valence-corrected chi connectivity index (χ0v) is 12.0. The Balaban J connectivity index is 1.60. The number of hydrogen-bond acceptors (Lipinski definition) is 5. The highest BCUT2D eigenvalue weighted by Gasteiger charge is 2.31. The number of nitrogens with zero attached hydrogens (tertiary/aromatic N) is 4. The summed E-state index contributed by atoms with van der Waals surface area (Å²) < 4.78 is 7.02. The molecule has 6 nitrogen and oxygen atoms in total. The molecule has 1 aliphatic carbocycles. The van der Waals surface area contributed by atoms with Crippen LogP contribution >= 0.6 is 0 Å². The van der Waals surface area contributed by atoms with Crippen molar-refractivity contribution in [2.45, 2.75) is 31.7 Å². The van der Waals surface area contributed by atoms with Crippen LogP contribution in [0.5, 0.6) is 0 Å². The largest absolute Gasteiger partial charge is 0.383 e. The number of hydrogen-bond donors (Lipinski definition) is 1. The molecule has 2 N–H and O–H groups in total. The normalized spacial score (nSPS) is 14.3. The van der Waals surface area contributed by atoms with Crippen LogP contribution in [0.15, 0.2) is 28.8 Å². The van der Waals surface area contributed by atoms with E-state index in [1.54, 1.807) is 4.68 Å². The molecular formula is C16H15N5O. The van der Waals surface area contributed by atoms with Gasteiger partial charge in [-0.2, -0.15) is 10.4 Å². The maximum absolute atomic E-state index is 9.27. The third-order valence-corrected chi connectivity index (χ3v) is 4.11. The monoisotopic (exact) mass is 293 g/mol. The first kappa shape index (κ1) is 12.9. The van der Waals surface area contributed by atoms with E-state index >= 15 is 0 Å². The van der Waals surface area contributed by atoms with Gasteiger partial charge in [-0.25, -0.2) is 4.68 Å². The van der Waals surface area contributed by atoms with E-state index in [0.29, 0.717) is 30.3 Å². The van der Waals surface area contributed by atoms with E-state index in [9.17, 15) is 5.26 Å². The second-order valence-corrected chi connectivity index (χ2v) is 5.63. The number of benzene rings is 1. The molecule has 0 bridgehead atoms. The van der Waals surface area contributed by atoms with Gasteiger partial charge in [-0.3, -0.25) is 0 Å². The predicted octanol–water partition coefficient (Wildman–Crippen LogP) is 2.60. The second kappa shape index (κ2) is 4.88. The fourth-order valence-corrected chi connectivity index (χ4v) is 2.75.